The first kappa shape index (κ1) is 100. The minimum absolute atomic E-state index is 0.156. The number of aliphatic hydroxyl groups excluding tert-OH is 5. The molecular formula is C85H122ClN9O27. The molecule has 676 valence electrons. The van der Waals surface area contributed by atoms with E-state index in [0.29, 0.717) is 36.0 Å². The van der Waals surface area contributed by atoms with Crippen LogP contribution in [0.4, 0.5) is 5.82 Å². The molecule has 0 saturated carbocycles. The van der Waals surface area contributed by atoms with Crippen LogP contribution in [0.15, 0.2) is 143 Å². The molecule has 3 aromatic carbocycles. The Morgan fingerprint density at radius 1 is 0.451 bits per heavy atom. The molecule has 4 fully saturated rings. The van der Waals surface area contributed by atoms with E-state index in [1.165, 1.54) is 58.6 Å². The van der Waals surface area contributed by atoms with E-state index in [0.717, 1.165) is 32.8 Å². The Kier molecular flexibility index (Phi) is 38.1. The second-order valence-electron chi connectivity index (χ2n) is 30.2. The molecule has 0 radical (unpaired) electrons. The molecule has 4 unspecified atom stereocenters. The highest BCUT2D eigenvalue weighted by Crippen LogP contribution is 2.45. The van der Waals surface area contributed by atoms with Gasteiger partial charge in [0.1, 0.15) is 77.1 Å². The number of anilines is 1. The molecule has 4 saturated heterocycles. The molecule has 9 N–H and O–H groups in total. The van der Waals surface area contributed by atoms with Crippen molar-refractivity contribution in [3.8, 4) is 11.5 Å². The van der Waals surface area contributed by atoms with E-state index in [4.69, 9.17) is 77.9 Å². The Balaban J connectivity index is 0.000000210. The first-order valence-corrected chi connectivity index (χ1v) is 40.8. The molecule has 36 nitrogen and oxygen atoms in total. The van der Waals surface area contributed by atoms with Crippen molar-refractivity contribution in [1.82, 2.24) is 38.2 Å². The number of benzene rings is 3. The van der Waals surface area contributed by atoms with Crippen LogP contribution in [0.1, 0.15) is 161 Å². The van der Waals surface area contributed by atoms with E-state index < -0.39 is 155 Å². The molecule has 0 bridgehead atoms. The van der Waals surface area contributed by atoms with Gasteiger partial charge in [0.2, 0.25) is 5.91 Å². The van der Waals surface area contributed by atoms with Gasteiger partial charge in [-0.3, -0.25) is 52.4 Å². The van der Waals surface area contributed by atoms with Crippen LogP contribution >= 0.6 is 11.6 Å². The number of nitrogens with one attached hydrogen (secondary N) is 4. The Hall–Kier alpha value is -8.74. The fraction of sp³-hybridized carbons (Fsp3) is 0.588. The maximum absolute atomic E-state index is 12.4. The number of halogens is 1. The lowest BCUT2D eigenvalue weighted by atomic mass is 9.84. The number of alkyl halides is 1. The average Bonchev–Trinajstić information content (AvgIpc) is 1.21. The molecule has 11 rings (SSSR count). The van der Waals surface area contributed by atoms with Crippen LogP contribution in [0.3, 0.4) is 0 Å². The lowest BCUT2D eigenvalue weighted by molar-refractivity contribution is -0.130. The van der Waals surface area contributed by atoms with Gasteiger partial charge in [0.15, 0.2) is 24.9 Å². The lowest BCUT2D eigenvalue weighted by Crippen LogP contribution is -2.43. The van der Waals surface area contributed by atoms with Crippen molar-refractivity contribution in [2.24, 2.45) is 0 Å². The van der Waals surface area contributed by atoms with Crippen LogP contribution < -0.4 is 54.2 Å². The second-order valence-corrected chi connectivity index (χ2v) is 30.8. The van der Waals surface area contributed by atoms with Crippen LogP contribution in [0.2, 0.25) is 0 Å². The van der Waals surface area contributed by atoms with Crippen molar-refractivity contribution in [2.75, 3.05) is 54.6 Å². The van der Waals surface area contributed by atoms with Crippen molar-refractivity contribution in [1.29, 1.82) is 0 Å². The predicted octanol–water partition coefficient (Wildman–Crippen LogP) is 5.46. The first-order valence-electron chi connectivity index (χ1n) is 40.4. The number of carbonyl (C=O) groups is 1. The largest absolute Gasteiger partial charge is 0.497 e. The monoisotopic (exact) mass is 1740 g/mol. The standard InChI is InChI=1S/C21H19ClO2.C17H27N3O6.2C16H26N2O6.C15H24N2O7/c1-23-19-12-8-17(9-13-19)21(22,16-6-4-3-5-7-16)18-10-14-20(24-2)15-11-18;1-6-12-14(22)15(25-10(3)9(2)24-5)16(26-12)20-8-7-13(18-11(4)21)19-17(20)23;2*1-6-11-12(19)13(23-10(4)9(3)22-5)15(24-11)18-7-8(2)14(20)17-16(18)21;1-7-5-17(15(21)16-13(7)20)14-12(11(19)10(6-18)24-14)23-9(3)8(2)22-4/h3-15H,1-2H3;7-10,12,14-16,22H,6H2,1-5H3,(H,18,19,21,23);2*7,9-13,15,19H,6H2,1-5H3,(H,17,20,21);5,8-12,14,18-19H,6H2,1-4H3,(H,16,20,21)/t;9-,10+,12+,14?,15-,16+;2*9-,10+,11+,12?,13-,15+;8-,9+,10+,11?,12-,14+/m.0000/s1. The smallest absolute Gasteiger partial charge is 0.351 e. The quantitative estimate of drug-likeness (QED) is 0.0199. The normalized spacial score (nSPS) is 25.6. The number of H-pyrrole nitrogens is 3. The van der Waals surface area contributed by atoms with Gasteiger partial charge in [-0.05, 0) is 142 Å². The second kappa shape index (κ2) is 46.3. The number of methoxy groups -OCH3 is 6. The van der Waals surface area contributed by atoms with Gasteiger partial charge < -0.3 is 97.2 Å². The molecular weight excluding hydrogens is 1610 g/mol. The highest BCUT2D eigenvalue weighted by Gasteiger charge is 2.51. The van der Waals surface area contributed by atoms with Crippen LogP contribution in [-0.2, 0) is 66.5 Å². The zero-order valence-corrected chi connectivity index (χ0v) is 73.7. The number of nitrogens with zero attached hydrogens (tertiary/aromatic N) is 5. The first-order chi connectivity index (χ1) is 57.8. The molecule has 4 aliphatic heterocycles. The maximum atomic E-state index is 12.4. The van der Waals surface area contributed by atoms with Gasteiger partial charge in [0.05, 0.1) is 88.0 Å². The van der Waals surface area contributed by atoms with Crippen molar-refractivity contribution in [3.63, 3.8) is 0 Å². The molecule has 0 aliphatic carbocycles. The summed E-state index contributed by atoms with van der Waals surface area (Å²) in [5.41, 5.74) is 0.208. The molecule has 1 amide bonds. The van der Waals surface area contributed by atoms with Gasteiger partial charge in [-0.15, -0.1) is 11.6 Å². The van der Waals surface area contributed by atoms with E-state index >= 15 is 0 Å². The highest BCUT2D eigenvalue weighted by atomic mass is 35.5. The third kappa shape index (κ3) is 24.6. The SMILES string of the molecule is CC[C@H]1O[C@@H](n2cc(C)c(=O)[nH]c2=O)[C@@H](O[C@H](C)[C@H](C)OC)C1O.CC[C@H]1O[C@@H](n2cc(C)c(=O)[nH]c2=O)[C@@H](O[C@H](C)[C@H](C)OC)C1O.CC[C@H]1O[C@@H](n2ccc(NC(C)=O)nc2=O)[C@@H](O[C@H](C)[C@H](C)OC)C1O.CO[C@@H](C)[C@@H](C)O[C@H]1C(O)[C@@H](CO)O[C@H]1n1cc(C)c(=O)[nH]c1=O.COc1ccc(C(Cl)(c2ccccc2)c2ccc(OC)cc2)cc1. The van der Waals surface area contributed by atoms with E-state index in [1.54, 1.807) is 63.2 Å². The van der Waals surface area contributed by atoms with Gasteiger partial charge in [-0.1, -0.05) is 75.4 Å². The molecule has 24 atom stereocenters. The van der Waals surface area contributed by atoms with Gasteiger partial charge in [0, 0.05) is 76.8 Å². The van der Waals surface area contributed by atoms with E-state index in [-0.39, 0.29) is 54.5 Å². The maximum Gasteiger partial charge on any atom is 0.351 e. The summed E-state index contributed by atoms with van der Waals surface area (Å²) < 4.78 is 83.3. The number of amides is 1. The summed E-state index contributed by atoms with van der Waals surface area (Å²) in [5, 5.41) is 53.8. The Bertz CT molecular complexity index is 4550. The van der Waals surface area contributed by atoms with Gasteiger partial charge in [0.25, 0.3) is 16.7 Å². The molecule has 4 aromatic heterocycles. The highest BCUT2D eigenvalue weighted by molar-refractivity contribution is 6.28. The average molecular weight is 1740 g/mol. The number of aromatic amines is 3. The van der Waals surface area contributed by atoms with Gasteiger partial charge in [-0.2, -0.15) is 4.98 Å². The van der Waals surface area contributed by atoms with Crippen molar-refractivity contribution in [2.45, 2.75) is 275 Å². The zero-order valence-electron chi connectivity index (χ0n) is 72.9. The van der Waals surface area contributed by atoms with E-state index in [1.807, 2.05) is 148 Å². The minimum Gasteiger partial charge on any atom is -0.497 e. The van der Waals surface area contributed by atoms with Crippen LogP contribution in [0.5, 0.6) is 11.5 Å². The summed E-state index contributed by atoms with van der Waals surface area (Å²) in [6.45, 7) is 25.9. The molecule has 37 heteroatoms. The predicted molar refractivity (Wildman–Crippen MR) is 450 cm³/mol. The van der Waals surface area contributed by atoms with Crippen LogP contribution in [-0.4, -0.2) is 241 Å². The van der Waals surface area contributed by atoms with Crippen molar-refractivity contribution in [3.05, 3.63) is 216 Å². The lowest BCUT2D eigenvalue weighted by Gasteiger charge is -2.29. The number of carbonyl (C=O) groups excluding carboxylic acids is 1. The fourth-order valence-electron chi connectivity index (χ4n) is 13.7. The summed E-state index contributed by atoms with van der Waals surface area (Å²) >= 11 is 7.22. The number of hydrogen-bond acceptors (Lipinski definition) is 28. The third-order valence-electron chi connectivity index (χ3n) is 22.1. The topological polar surface area (TPSA) is 459 Å². The minimum atomic E-state index is -1.13. The molecule has 7 aromatic rings. The Morgan fingerprint density at radius 3 is 1.01 bits per heavy atom. The summed E-state index contributed by atoms with van der Waals surface area (Å²) in [6, 6.07) is 27.3. The van der Waals surface area contributed by atoms with Crippen molar-refractivity contribution < 1.29 is 96.6 Å². The van der Waals surface area contributed by atoms with Crippen LogP contribution in [0, 0.1) is 20.8 Å². The number of aromatic nitrogens is 8. The Labute approximate surface area is 712 Å². The molecule has 4 aliphatic rings. The van der Waals surface area contributed by atoms with E-state index in [9.17, 15) is 63.9 Å². The molecule has 122 heavy (non-hydrogen) atoms. The van der Waals surface area contributed by atoms with Crippen molar-refractivity contribution >= 4 is 23.3 Å². The number of rotatable bonds is 30. The van der Waals surface area contributed by atoms with Gasteiger partial charge in [-0.25, -0.2) is 19.2 Å². The summed E-state index contributed by atoms with van der Waals surface area (Å²) in [7, 11) is 9.58. The Morgan fingerprint density at radius 2 is 0.738 bits per heavy atom. The fourth-order valence-corrected chi connectivity index (χ4v) is 14.1. The molecule has 0 spiro atoms. The molecule has 8 heterocycles. The summed E-state index contributed by atoms with van der Waals surface area (Å²) in [5.74, 6) is 1.45. The summed E-state index contributed by atoms with van der Waals surface area (Å²) in [6.07, 6.45) is -7.41. The number of hydrogen-bond donors (Lipinski definition) is 9. The zero-order chi connectivity index (χ0) is 90.5. The number of ether oxygens (including phenoxy) is 14. The summed E-state index contributed by atoms with van der Waals surface area (Å²) in [4.78, 5) is 104. The van der Waals surface area contributed by atoms with Crippen LogP contribution in [0.25, 0.3) is 0 Å². The van der Waals surface area contributed by atoms with Gasteiger partial charge >= 0.3 is 22.8 Å². The number of aryl methyl sites for hydroxylation is 3. The van der Waals surface area contributed by atoms with E-state index in [2.05, 4.69) is 25.3 Å². The third-order valence-corrected chi connectivity index (χ3v) is 22.7. The number of aliphatic hydroxyl groups is 5.